The third-order valence-corrected chi connectivity index (χ3v) is 3.90. The summed E-state index contributed by atoms with van der Waals surface area (Å²) >= 11 is 11.7. The maximum Gasteiger partial charge on any atom is 0.417 e. The van der Waals surface area contributed by atoms with Gasteiger partial charge < -0.3 is 4.90 Å². The van der Waals surface area contributed by atoms with Gasteiger partial charge in [-0.25, -0.2) is 0 Å². The first kappa shape index (κ1) is 21.2. The summed E-state index contributed by atoms with van der Waals surface area (Å²) in [6, 6.07) is 7.89. The van der Waals surface area contributed by atoms with Gasteiger partial charge in [-0.15, -0.1) is 0 Å². The van der Waals surface area contributed by atoms with Gasteiger partial charge in [0.1, 0.15) is 6.54 Å². The van der Waals surface area contributed by atoms with Crippen molar-refractivity contribution in [1.29, 1.82) is 5.26 Å². The van der Waals surface area contributed by atoms with E-state index < -0.39 is 30.0 Å². The Hall–Kier alpha value is -2.11. The number of hydrogen-bond donors (Lipinski definition) is 0. The minimum Gasteiger partial charge on any atom is -0.358 e. The Bertz CT molecular complexity index is 851. The molecular weight excluding hydrogens is 417 g/mol. The van der Waals surface area contributed by atoms with Gasteiger partial charge in [0.05, 0.1) is 17.2 Å². The molecule has 0 spiro atoms. The molecule has 0 atom stereocenters. The van der Waals surface area contributed by atoms with E-state index in [0.29, 0.717) is 11.0 Å². The number of hydrogen-bond acceptors (Lipinski definition) is 2. The summed E-state index contributed by atoms with van der Waals surface area (Å²) in [4.78, 5) is 0.707. The molecular formula is C17H10Cl2F6N2. The molecule has 0 amide bonds. The molecule has 144 valence electrons. The molecule has 10 heteroatoms. The minimum absolute atomic E-state index is 0.181. The van der Waals surface area contributed by atoms with Crippen LogP contribution < -0.4 is 4.90 Å². The molecule has 2 nitrogen and oxygen atoms in total. The summed E-state index contributed by atoms with van der Waals surface area (Å²) in [6.45, 7) is -1.89. The molecule has 0 aliphatic carbocycles. The maximum atomic E-state index is 13.1. The van der Waals surface area contributed by atoms with E-state index in [-0.39, 0.29) is 27.8 Å². The second-order valence-electron chi connectivity index (χ2n) is 5.59. The average Bonchev–Trinajstić information content (AvgIpc) is 2.50. The molecule has 2 aromatic carbocycles. The summed E-state index contributed by atoms with van der Waals surface area (Å²) in [7, 11) is 0. The number of rotatable bonds is 4. The van der Waals surface area contributed by atoms with Crippen molar-refractivity contribution in [2.45, 2.75) is 18.9 Å². The zero-order valence-corrected chi connectivity index (χ0v) is 14.8. The number of benzene rings is 2. The molecule has 2 aromatic rings. The third-order valence-electron chi connectivity index (χ3n) is 3.46. The van der Waals surface area contributed by atoms with E-state index in [2.05, 4.69) is 0 Å². The van der Waals surface area contributed by atoms with E-state index in [4.69, 9.17) is 28.5 Å². The summed E-state index contributed by atoms with van der Waals surface area (Å²) in [5.41, 5.74) is -2.03. The Balaban J connectivity index is 2.49. The number of nitriles is 1. The average molecular weight is 427 g/mol. The van der Waals surface area contributed by atoms with E-state index in [1.165, 1.54) is 24.3 Å². The monoisotopic (exact) mass is 426 g/mol. The van der Waals surface area contributed by atoms with Crippen LogP contribution in [0.1, 0.15) is 16.7 Å². The molecule has 0 aliphatic heterocycles. The van der Waals surface area contributed by atoms with Crippen molar-refractivity contribution in [3.63, 3.8) is 0 Å². The summed E-state index contributed by atoms with van der Waals surface area (Å²) < 4.78 is 78.3. The van der Waals surface area contributed by atoms with Crippen LogP contribution >= 0.6 is 23.2 Å². The molecule has 0 unspecified atom stereocenters. The lowest BCUT2D eigenvalue weighted by Gasteiger charge is -2.27. The van der Waals surface area contributed by atoms with E-state index in [1.54, 1.807) is 0 Å². The van der Waals surface area contributed by atoms with Crippen molar-refractivity contribution >= 4 is 28.9 Å². The Kier molecular flexibility index (Phi) is 6.17. The second-order valence-corrected chi connectivity index (χ2v) is 6.46. The van der Waals surface area contributed by atoms with Crippen LogP contribution in [0, 0.1) is 11.3 Å². The van der Waals surface area contributed by atoms with Crippen LogP contribution in [-0.2, 0) is 12.7 Å². The molecule has 27 heavy (non-hydrogen) atoms. The van der Waals surface area contributed by atoms with Gasteiger partial charge in [0, 0.05) is 22.3 Å². The molecule has 2 rings (SSSR count). The lowest BCUT2D eigenvalue weighted by molar-refractivity contribution is -0.137. The lowest BCUT2D eigenvalue weighted by Crippen LogP contribution is -2.34. The zero-order chi connectivity index (χ0) is 20.4. The van der Waals surface area contributed by atoms with Crippen LogP contribution in [0.15, 0.2) is 36.4 Å². The highest BCUT2D eigenvalue weighted by atomic mass is 35.5. The number of halogens is 8. The molecule has 0 N–H and O–H groups in total. The minimum atomic E-state index is -4.88. The van der Waals surface area contributed by atoms with Crippen molar-refractivity contribution in [1.82, 2.24) is 0 Å². The fraction of sp³-hybridized carbons (Fsp3) is 0.235. The van der Waals surface area contributed by atoms with Gasteiger partial charge in [-0.05, 0) is 42.0 Å². The molecule has 0 radical (unpaired) electrons. The number of anilines is 1. The fourth-order valence-corrected chi connectivity index (χ4v) is 3.01. The molecule has 0 aromatic heterocycles. The lowest BCUT2D eigenvalue weighted by atomic mass is 10.1. The van der Waals surface area contributed by atoms with Gasteiger partial charge in [0.25, 0.3) is 0 Å². The van der Waals surface area contributed by atoms with Crippen molar-refractivity contribution in [3.05, 3.63) is 63.1 Å². The fourth-order valence-electron chi connectivity index (χ4n) is 2.44. The van der Waals surface area contributed by atoms with E-state index in [9.17, 15) is 26.3 Å². The Morgan fingerprint density at radius 2 is 1.52 bits per heavy atom. The normalized spacial score (nSPS) is 12.0. The smallest absolute Gasteiger partial charge is 0.358 e. The first-order chi connectivity index (χ1) is 12.4. The number of alkyl halides is 6. The zero-order valence-electron chi connectivity index (χ0n) is 13.3. The predicted octanol–water partition coefficient (Wildman–Crippen LogP) is 6.45. The van der Waals surface area contributed by atoms with Crippen LogP contribution in [0.2, 0.25) is 10.0 Å². The Morgan fingerprint density at radius 3 is 2.00 bits per heavy atom. The van der Waals surface area contributed by atoms with Gasteiger partial charge in [-0.3, -0.25) is 0 Å². The van der Waals surface area contributed by atoms with E-state index in [0.717, 1.165) is 12.1 Å². The summed E-state index contributed by atoms with van der Waals surface area (Å²) in [5.74, 6) is 0. The van der Waals surface area contributed by atoms with Crippen molar-refractivity contribution < 1.29 is 26.3 Å². The van der Waals surface area contributed by atoms with Gasteiger partial charge in [0.15, 0.2) is 0 Å². The van der Waals surface area contributed by atoms with Crippen LogP contribution in [0.25, 0.3) is 0 Å². The molecule has 0 heterocycles. The Labute approximate surface area is 160 Å². The van der Waals surface area contributed by atoms with E-state index >= 15 is 0 Å². The highest BCUT2D eigenvalue weighted by molar-refractivity contribution is 6.34. The van der Waals surface area contributed by atoms with Gasteiger partial charge in [0.2, 0.25) is 0 Å². The van der Waals surface area contributed by atoms with Crippen LogP contribution in [0.5, 0.6) is 0 Å². The van der Waals surface area contributed by atoms with Crippen molar-refractivity contribution in [2.24, 2.45) is 0 Å². The first-order valence-corrected chi connectivity index (χ1v) is 8.02. The topological polar surface area (TPSA) is 27.0 Å². The highest BCUT2D eigenvalue weighted by Gasteiger charge is 2.36. The van der Waals surface area contributed by atoms with Gasteiger partial charge in [-0.2, -0.15) is 31.6 Å². The van der Waals surface area contributed by atoms with Gasteiger partial charge >= 0.3 is 12.4 Å². The third kappa shape index (κ3) is 5.94. The number of nitrogens with zero attached hydrogens (tertiary/aromatic N) is 2. The van der Waals surface area contributed by atoms with Crippen LogP contribution in [-0.4, -0.2) is 12.7 Å². The second kappa shape index (κ2) is 7.87. The first-order valence-electron chi connectivity index (χ1n) is 7.27. The van der Waals surface area contributed by atoms with Crippen molar-refractivity contribution in [2.75, 3.05) is 11.4 Å². The maximum absolute atomic E-state index is 13.1. The van der Waals surface area contributed by atoms with Gasteiger partial charge in [-0.1, -0.05) is 23.2 Å². The molecule has 0 saturated heterocycles. The van der Waals surface area contributed by atoms with Crippen LogP contribution in [0.4, 0.5) is 32.0 Å². The summed E-state index contributed by atoms with van der Waals surface area (Å²) in [6.07, 6.45) is -9.56. The largest absolute Gasteiger partial charge is 0.417 e. The SMILES string of the molecule is N#Cc1ccc(N(Cc2cc(Cl)cc(Cl)c2)CC(F)(F)F)cc1C(F)(F)F. The molecule has 0 aliphatic rings. The Morgan fingerprint density at radius 1 is 0.926 bits per heavy atom. The molecule has 0 bridgehead atoms. The van der Waals surface area contributed by atoms with Crippen molar-refractivity contribution in [3.8, 4) is 6.07 Å². The molecule has 0 fully saturated rings. The quantitative estimate of drug-likeness (QED) is 0.525. The standard InChI is InChI=1S/C17H10Cl2F6N2/c18-12-3-10(4-13(19)5-12)8-27(9-16(20,21)22)14-2-1-11(7-26)15(6-14)17(23,24)25/h1-6H,8-9H2. The summed E-state index contributed by atoms with van der Waals surface area (Å²) in [5, 5.41) is 9.18. The molecule has 0 saturated carbocycles. The highest BCUT2D eigenvalue weighted by Crippen LogP contribution is 2.35. The predicted molar refractivity (Wildman–Crippen MR) is 89.7 cm³/mol. The van der Waals surface area contributed by atoms with E-state index in [1.807, 2.05) is 0 Å². The van der Waals surface area contributed by atoms with Crippen LogP contribution in [0.3, 0.4) is 0 Å².